The number of hydrogen-bond donors (Lipinski definition) is 0. The van der Waals surface area contributed by atoms with Gasteiger partial charge in [0.05, 0.1) is 0 Å². The van der Waals surface area contributed by atoms with Gasteiger partial charge in [-0.1, -0.05) is 7.43 Å². The molecule has 0 radical (unpaired) electrons. The molecule has 0 amide bonds. The van der Waals surface area contributed by atoms with E-state index in [1.165, 1.54) is 0 Å². The fourth-order valence-electron chi connectivity index (χ4n) is 0. The number of hydrogen-bond acceptors (Lipinski definition) is 0. The summed E-state index contributed by atoms with van der Waals surface area (Å²) in [7, 11) is 0. The first-order valence-corrected chi connectivity index (χ1v) is 0. The van der Waals surface area contributed by atoms with E-state index >= 15 is 0 Å². The lowest BCUT2D eigenvalue weighted by atomic mass is 12.0. The molecule has 0 rings (SSSR count). The van der Waals surface area contributed by atoms with E-state index in [2.05, 4.69) is 0 Å². The lowest BCUT2D eigenvalue weighted by molar-refractivity contribution is 2.50. The second-order valence-corrected chi connectivity index (χ2v) is 0. The summed E-state index contributed by atoms with van der Waals surface area (Å²) in [4.78, 5) is 0. The average Bonchev–Trinajstić information content (AvgIpc) is 0. The van der Waals surface area contributed by atoms with Crippen molar-refractivity contribution < 1.29 is 0 Å². The Morgan fingerprint density at radius 2 is 0.333 bits per heavy atom. The van der Waals surface area contributed by atoms with Crippen molar-refractivity contribution in [1.29, 1.82) is 0 Å². The summed E-state index contributed by atoms with van der Waals surface area (Å²) in [5, 5.41) is 0. The van der Waals surface area contributed by atoms with E-state index in [0.717, 1.165) is 0 Å². The number of halogens is 7. The Morgan fingerprint density at radius 3 is 0.333 bits per heavy atom. The van der Waals surface area contributed by atoms with E-state index in [9.17, 15) is 0 Å². The van der Waals surface area contributed by atoms with Crippen molar-refractivity contribution in [1.82, 2.24) is 0 Å². The van der Waals surface area contributed by atoms with Gasteiger partial charge in [-0.15, -0.1) is 86.8 Å². The van der Waals surface area contributed by atoms with Crippen LogP contribution in [0.2, 0.25) is 0 Å². The van der Waals surface area contributed by atoms with Crippen LogP contribution in [0.4, 0.5) is 0 Å². The molecule has 8 heteroatoms. The molecule has 0 aliphatic rings. The van der Waals surface area contributed by atoms with Crippen LogP contribution in [0.5, 0.6) is 0 Å². The van der Waals surface area contributed by atoms with Gasteiger partial charge in [0.15, 0.2) is 0 Å². The van der Waals surface area contributed by atoms with E-state index in [1.807, 2.05) is 0 Å². The minimum absolute atomic E-state index is 0. The van der Waals surface area contributed by atoms with Gasteiger partial charge in [-0.05, 0) is 0 Å². The molecule has 72 valence electrons. The Hall–Kier alpha value is 2.46. The van der Waals surface area contributed by atoms with Crippen LogP contribution in [0.15, 0.2) is 0 Å². The van der Waals surface area contributed by atoms with Crippen LogP contribution in [0.25, 0.3) is 0 Å². The average molecular weight is 305 g/mol. The summed E-state index contributed by atoms with van der Waals surface area (Å²) in [5.41, 5.74) is 0. The summed E-state index contributed by atoms with van der Waals surface area (Å²) in [6.07, 6.45) is 0. The van der Waals surface area contributed by atoms with Crippen LogP contribution in [-0.2, 0) is 0 Å². The molecule has 0 spiro atoms. The maximum Gasteiger partial charge on any atom is -0.0776 e. The van der Waals surface area contributed by atoms with Gasteiger partial charge in [0.25, 0.3) is 0 Å². The topological polar surface area (TPSA) is 0 Å². The lowest BCUT2D eigenvalue weighted by Crippen LogP contribution is 0.144. The molecule has 0 fully saturated rings. The highest BCUT2D eigenvalue weighted by molar-refractivity contribution is 6.92. The minimum atomic E-state index is 0. The van der Waals surface area contributed by atoms with Crippen LogP contribution in [0.1, 0.15) is 7.43 Å². The molecule has 1 unspecified atom stereocenters. The van der Waals surface area contributed by atoms with E-state index < -0.39 is 0 Å². The Bertz CT molecular complexity index is 8.88. The molecule has 0 aliphatic heterocycles. The van der Waals surface area contributed by atoms with Gasteiger partial charge in [0.2, 0.25) is 0 Å². The molecule has 0 bridgehead atoms. The molecule has 0 saturated heterocycles. The molecule has 0 saturated carbocycles. The first kappa shape index (κ1) is 207. The molecule has 0 aromatic heterocycles. The smallest absolute Gasteiger partial charge is 0.0776 e. The van der Waals surface area contributed by atoms with Gasteiger partial charge in [-0.2, -0.15) is 9.90 Å². The summed E-state index contributed by atoms with van der Waals surface area (Å²) in [5.74, 6) is 0. The highest BCUT2D eigenvalue weighted by Gasteiger charge is -0.0774. The van der Waals surface area contributed by atoms with Gasteiger partial charge in [-0.3, -0.25) is 0 Å². The SMILES string of the molecule is C.Cl.Cl.Cl.Cl.Cl.Cl.Cl.P. The molecule has 0 aliphatic carbocycles. The molecular weight excluding hydrogens is 291 g/mol. The Kier molecular flexibility index (Phi) is 3560. The Morgan fingerprint density at radius 1 is 0.333 bits per heavy atom. The van der Waals surface area contributed by atoms with Crippen LogP contribution in [0.3, 0.4) is 0 Å². The first-order valence-electron chi connectivity index (χ1n) is 0. The van der Waals surface area contributed by atoms with Crippen molar-refractivity contribution in [2.75, 3.05) is 0 Å². The second-order valence-electron chi connectivity index (χ2n) is 0. The molecule has 0 aromatic rings. The lowest BCUT2D eigenvalue weighted by Gasteiger charge is -0.154. The van der Waals surface area contributed by atoms with Crippen molar-refractivity contribution in [2.24, 2.45) is 0 Å². The highest BCUT2D eigenvalue weighted by atomic mass is 35.5. The molecule has 0 N–H and O–H groups in total. The minimum Gasteiger partial charge on any atom is -0.153 e. The van der Waals surface area contributed by atoms with Crippen molar-refractivity contribution >= 4 is 96.7 Å². The molecule has 0 nitrogen and oxygen atoms in total. The maximum absolute atomic E-state index is 0. The summed E-state index contributed by atoms with van der Waals surface area (Å²) >= 11 is 0. The maximum atomic E-state index is 0. The van der Waals surface area contributed by atoms with Gasteiger partial charge < -0.3 is 0 Å². The quantitative estimate of drug-likeness (QED) is 0.599. The van der Waals surface area contributed by atoms with E-state index in [1.54, 1.807) is 0 Å². The molecule has 0 aromatic carbocycles. The van der Waals surface area contributed by atoms with Crippen LogP contribution >= 0.6 is 96.7 Å². The van der Waals surface area contributed by atoms with Gasteiger partial charge >= 0.3 is 0 Å². The van der Waals surface area contributed by atoms with Gasteiger partial charge in [-0.25, -0.2) is 0 Å². The zero-order chi connectivity index (χ0) is 0. The second kappa shape index (κ2) is 155. The van der Waals surface area contributed by atoms with Crippen molar-refractivity contribution in [2.45, 2.75) is 7.43 Å². The van der Waals surface area contributed by atoms with Crippen LogP contribution in [0, 0.1) is 0 Å². The summed E-state index contributed by atoms with van der Waals surface area (Å²) < 4.78 is 0. The van der Waals surface area contributed by atoms with Crippen molar-refractivity contribution in [3.05, 3.63) is 0 Å². The monoisotopic (exact) mass is 302 g/mol. The van der Waals surface area contributed by atoms with E-state index in [4.69, 9.17) is 0 Å². The van der Waals surface area contributed by atoms with E-state index in [0.29, 0.717) is 0 Å². The highest BCUT2D eigenvalue weighted by Crippen LogP contribution is 0.861. The third kappa shape index (κ3) is 124. The standard InChI is InChI=1S/CH4.7ClH.H3P/h1H4;7*1H;1H3. The molecule has 1 atom stereocenters. The summed E-state index contributed by atoms with van der Waals surface area (Å²) in [6, 6.07) is 0. The zero-order valence-corrected chi connectivity index (χ0v) is 10.7. The fourth-order valence-corrected chi connectivity index (χ4v) is 0. The largest absolute Gasteiger partial charge is 0.153 e. The fraction of sp³-hybridized carbons (Fsp3) is 1.00. The number of rotatable bonds is 0. The predicted molar refractivity (Wildman–Crippen MR) is 68.6 cm³/mol. The Labute approximate surface area is 104 Å². The predicted octanol–water partition coefficient (Wildman–Crippen LogP) is 3.65. The zero-order valence-electron chi connectivity index (χ0n) is 3.56. The first-order chi connectivity index (χ1) is 0. The van der Waals surface area contributed by atoms with Gasteiger partial charge in [0.1, 0.15) is 0 Å². The van der Waals surface area contributed by atoms with Crippen molar-refractivity contribution in [3.8, 4) is 0 Å². The van der Waals surface area contributed by atoms with Crippen LogP contribution < -0.4 is 0 Å². The van der Waals surface area contributed by atoms with Crippen LogP contribution in [-0.4, -0.2) is 0 Å². The van der Waals surface area contributed by atoms with Gasteiger partial charge in [0, 0.05) is 0 Å². The van der Waals surface area contributed by atoms with Crippen molar-refractivity contribution in [3.63, 3.8) is 0 Å². The Balaban J connectivity index is 0. The third-order valence-corrected chi connectivity index (χ3v) is 0. The normalized spacial score (nSPS) is 0. The summed E-state index contributed by atoms with van der Waals surface area (Å²) in [6.45, 7) is 0. The molecule has 0 heterocycles. The molecule has 9 heavy (non-hydrogen) atoms. The van der Waals surface area contributed by atoms with E-state index in [-0.39, 0.29) is 104 Å². The molecular formula is CH14Cl7P. The third-order valence-electron chi connectivity index (χ3n) is 0.